The van der Waals surface area contributed by atoms with Crippen LogP contribution in [0.3, 0.4) is 0 Å². The number of rotatable bonds is 3. The van der Waals surface area contributed by atoms with Crippen LogP contribution >= 0.6 is 15.9 Å². The minimum absolute atomic E-state index is 0.0553. The summed E-state index contributed by atoms with van der Waals surface area (Å²) in [5, 5.41) is 0.834. The second kappa shape index (κ2) is 6.57. The second-order valence-corrected chi connectivity index (χ2v) is 5.54. The van der Waals surface area contributed by atoms with Crippen LogP contribution in [0.5, 0.6) is 0 Å². The zero-order valence-electron chi connectivity index (χ0n) is 11.1. The average Bonchev–Trinajstić information content (AvgIpc) is 2.47. The van der Waals surface area contributed by atoms with Crippen molar-refractivity contribution in [3.05, 3.63) is 59.4 Å². The van der Waals surface area contributed by atoms with Crippen molar-refractivity contribution in [3.8, 4) is 0 Å². The molecule has 1 heterocycles. The normalized spacial score (nSPS) is 28.1. The molecule has 3 rings (SSSR count). The van der Waals surface area contributed by atoms with Gasteiger partial charge >= 0.3 is 0 Å². The Hall–Kier alpha value is -1.10. The van der Waals surface area contributed by atoms with Crippen molar-refractivity contribution < 1.29 is 14.2 Å². The highest BCUT2D eigenvalue weighted by molar-refractivity contribution is 9.09. The van der Waals surface area contributed by atoms with Crippen LogP contribution in [0.2, 0.25) is 0 Å². The summed E-state index contributed by atoms with van der Waals surface area (Å²) in [4.78, 5) is 0. The summed E-state index contributed by atoms with van der Waals surface area (Å²) in [6.07, 6.45) is 15.1. The number of allylic oxidation sites excluding steroid dienone is 3. The number of fused-ring (bicyclic) bond motifs is 2. The molecule has 0 aromatic heterocycles. The molecule has 0 spiro atoms. The molecule has 106 valence electrons. The van der Waals surface area contributed by atoms with Crippen LogP contribution < -0.4 is 0 Å². The molecule has 1 aliphatic heterocycles. The number of hydrogen-bond acceptors (Lipinski definition) is 3. The van der Waals surface area contributed by atoms with Crippen LogP contribution in [0.15, 0.2) is 59.4 Å². The van der Waals surface area contributed by atoms with E-state index in [0.29, 0.717) is 6.61 Å². The van der Waals surface area contributed by atoms with Gasteiger partial charge in [-0.25, -0.2) is 0 Å². The van der Waals surface area contributed by atoms with Crippen molar-refractivity contribution in [2.24, 2.45) is 0 Å². The van der Waals surface area contributed by atoms with E-state index in [1.165, 1.54) is 11.1 Å². The molecule has 0 bridgehead atoms. The first-order valence-corrected chi connectivity index (χ1v) is 7.89. The Bertz CT molecular complexity index is 514. The van der Waals surface area contributed by atoms with Crippen LogP contribution in [0.1, 0.15) is 6.42 Å². The first-order chi connectivity index (χ1) is 9.90. The summed E-state index contributed by atoms with van der Waals surface area (Å²) in [6, 6.07) is 0. The van der Waals surface area contributed by atoms with Crippen LogP contribution in [-0.4, -0.2) is 30.9 Å². The lowest BCUT2D eigenvalue weighted by Crippen LogP contribution is -2.27. The molecular weight excluding hydrogens is 320 g/mol. The summed E-state index contributed by atoms with van der Waals surface area (Å²) in [5.41, 5.74) is 3.43. The van der Waals surface area contributed by atoms with Crippen molar-refractivity contribution in [2.75, 3.05) is 18.7 Å². The Morgan fingerprint density at radius 2 is 2.25 bits per heavy atom. The molecule has 0 amide bonds. The molecule has 2 aliphatic carbocycles. The van der Waals surface area contributed by atoms with Crippen molar-refractivity contribution >= 4 is 15.9 Å². The Kier molecular flexibility index (Phi) is 4.55. The zero-order chi connectivity index (χ0) is 13.8. The van der Waals surface area contributed by atoms with Gasteiger partial charge in [-0.2, -0.15) is 0 Å². The van der Waals surface area contributed by atoms with Crippen LogP contribution in [0.25, 0.3) is 0 Å². The van der Waals surface area contributed by atoms with Gasteiger partial charge in [-0.05, 0) is 17.6 Å². The molecule has 3 aliphatic rings. The smallest absolute Gasteiger partial charge is 0.189 e. The quantitative estimate of drug-likeness (QED) is 0.739. The second-order valence-electron chi connectivity index (χ2n) is 4.74. The predicted octanol–water partition coefficient (Wildman–Crippen LogP) is 3.41. The Morgan fingerprint density at radius 1 is 1.30 bits per heavy atom. The van der Waals surface area contributed by atoms with E-state index in [9.17, 15) is 0 Å². The molecule has 4 heteroatoms. The molecular formula is C16H17BrO3. The molecule has 0 radical (unpaired) electrons. The van der Waals surface area contributed by atoms with Gasteiger partial charge in [0.15, 0.2) is 6.79 Å². The largest absolute Gasteiger partial charge is 0.474 e. The molecule has 2 unspecified atom stereocenters. The maximum absolute atomic E-state index is 5.98. The highest BCUT2D eigenvalue weighted by Gasteiger charge is 2.28. The van der Waals surface area contributed by atoms with Crippen molar-refractivity contribution in [3.63, 3.8) is 0 Å². The van der Waals surface area contributed by atoms with Gasteiger partial charge in [-0.15, -0.1) is 0 Å². The van der Waals surface area contributed by atoms with E-state index >= 15 is 0 Å². The molecule has 0 aromatic carbocycles. The third-order valence-electron chi connectivity index (χ3n) is 3.49. The molecule has 0 saturated carbocycles. The van der Waals surface area contributed by atoms with Crippen LogP contribution in [0, 0.1) is 0 Å². The van der Waals surface area contributed by atoms with E-state index in [1.54, 1.807) is 6.26 Å². The minimum atomic E-state index is -0.0553. The van der Waals surface area contributed by atoms with Gasteiger partial charge in [0, 0.05) is 10.9 Å². The average molecular weight is 337 g/mol. The lowest BCUT2D eigenvalue weighted by molar-refractivity contribution is -0.0295. The lowest BCUT2D eigenvalue weighted by atomic mass is 9.85. The monoisotopic (exact) mass is 336 g/mol. The van der Waals surface area contributed by atoms with E-state index < -0.39 is 0 Å². The molecule has 0 aromatic rings. The maximum Gasteiger partial charge on any atom is 0.189 e. The topological polar surface area (TPSA) is 27.7 Å². The van der Waals surface area contributed by atoms with Gasteiger partial charge in [0.2, 0.25) is 0 Å². The van der Waals surface area contributed by atoms with Gasteiger partial charge in [-0.1, -0.05) is 52.4 Å². The summed E-state index contributed by atoms with van der Waals surface area (Å²) in [5.74, 6) is 0. The van der Waals surface area contributed by atoms with Crippen LogP contribution in [0.4, 0.5) is 0 Å². The van der Waals surface area contributed by atoms with Crippen molar-refractivity contribution in [1.29, 1.82) is 0 Å². The van der Waals surface area contributed by atoms with E-state index in [2.05, 4.69) is 40.2 Å². The van der Waals surface area contributed by atoms with Gasteiger partial charge < -0.3 is 14.2 Å². The fourth-order valence-corrected chi connectivity index (χ4v) is 2.84. The zero-order valence-corrected chi connectivity index (χ0v) is 12.7. The fourth-order valence-electron chi connectivity index (χ4n) is 2.65. The summed E-state index contributed by atoms with van der Waals surface area (Å²) in [6.45, 7) is 0.957. The highest BCUT2D eigenvalue weighted by Crippen LogP contribution is 2.34. The first kappa shape index (κ1) is 13.9. The number of hydrogen-bond donors (Lipinski definition) is 0. The molecule has 0 fully saturated rings. The first-order valence-electron chi connectivity index (χ1n) is 6.77. The van der Waals surface area contributed by atoms with Gasteiger partial charge in [0.25, 0.3) is 0 Å². The van der Waals surface area contributed by atoms with Gasteiger partial charge in [-0.3, -0.25) is 0 Å². The van der Waals surface area contributed by atoms with Crippen molar-refractivity contribution in [2.45, 2.75) is 18.6 Å². The number of ether oxygens (including phenoxy) is 3. The standard InChI is InChI=1S/C16H17BrO3/c17-8-9-19-15-7-3-4-12-10-18-11-20-14-6-2-1-5-13(14)16(12)15/h1-6,10,14-15H,7-9,11H2. The maximum atomic E-state index is 5.98. The lowest BCUT2D eigenvalue weighted by Gasteiger charge is -2.31. The minimum Gasteiger partial charge on any atom is -0.474 e. The van der Waals surface area contributed by atoms with E-state index in [-0.39, 0.29) is 19.0 Å². The van der Waals surface area contributed by atoms with Crippen LogP contribution in [-0.2, 0) is 14.2 Å². The number of alkyl halides is 1. The van der Waals surface area contributed by atoms with Crippen molar-refractivity contribution in [1.82, 2.24) is 0 Å². The molecule has 20 heavy (non-hydrogen) atoms. The Balaban J connectivity index is 2.02. The third kappa shape index (κ3) is 2.82. The Morgan fingerprint density at radius 3 is 3.15 bits per heavy atom. The summed E-state index contributed by atoms with van der Waals surface area (Å²) >= 11 is 3.41. The van der Waals surface area contributed by atoms with E-state index in [0.717, 1.165) is 17.3 Å². The van der Waals surface area contributed by atoms with Gasteiger partial charge in [0.1, 0.15) is 6.10 Å². The third-order valence-corrected chi connectivity index (χ3v) is 3.82. The SMILES string of the molecule is BrCCOC1CC=CC2=COCOC3C=CC=CC3=C21. The molecule has 3 nitrogen and oxygen atoms in total. The summed E-state index contributed by atoms with van der Waals surface area (Å²) < 4.78 is 17.2. The number of halogens is 1. The fraction of sp³-hybridized carbons (Fsp3) is 0.375. The van der Waals surface area contributed by atoms with E-state index in [4.69, 9.17) is 14.2 Å². The Labute approximate surface area is 127 Å². The molecule has 0 saturated heterocycles. The molecule has 0 N–H and O–H groups in total. The highest BCUT2D eigenvalue weighted by atomic mass is 79.9. The van der Waals surface area contributed by atoms with E-state index in [1.807, 2.05) is 12.2 Å². The molecule has 2 atom stereocenters. The predicted molar refractivity (Wildman–Crippen MR) is 81.5 cm³/mol. The summed E-state index contributed by atoms with van der Waals surface area (Å²) in [7, 11) is 0. The van der Waals surface area contributed by atoms with Gasteiger partial charge in [0.05, 0.1) is 19.0 Å².